The van der Waals surface area contributed by atoms with E-state index < -0.39 is 0 Å². The summed E-state index contributed by atoms with van der Waals surface area (Å²) < 4.78 is 5.45. The maximum Gasteiger partial charge on any atom is 0.126 e. The van der Waals surface area contributed by atoms with Crippen LogP contribution in [0.3, 0.4) is 0 Å². The average molecular weight is 308 g/mol. The molecule has 2 rings (SSSR count). The molecular weight excluding hydrogens is 284 g/mol. The average Bonchev–Trinajstić information content (AvgIpc) is 2.51. The molecule has 23 heavy (non-hydrogen) atoms. The molecule has 0 saturated carbocycles. The number of ether oxygens (including phenoxy) is 1. The number of hydrogen-bond acceptors (Lipinski definition) is 2. The highest BCUT2D eigenvalue weighted by molar-refractivity contribution is 5.72. The zero-order valence-corrected chi connectivity index (χ0v) is 14.3. The number of aryl methyl sites for hydroxylation is 1. The zero-order valence-electron chi connectivity index (χ0n) is 14.3. The summed E-state index contributed by atoms with van der Waals surface area (Å²) >= 11 is 0. The molecule has 0 spiro atoms. The molecule has 2 aromatic rings. The van der Waals surface area contributed by atoms with Crippen molar-refractivity contribution >= 4 is 12.2 Å². The third-order valence-electron chi connectivity index (χ3n) is 3.65. The molecule has 2 aromatic carbocycles. The quantitative estimate of drug-likeness (QED) is 0.593. The first-order valence-electron chi connectivity index (χ1n) is 7.77. The standard InChI is InChI=1S/C21H24O2/c1-15(2)8-11-19-20(22)13-18(14-21(19)23-4)10-9-17-7-5-6-16(3)12-17/h5-10,12-14,22H,11H2,1-4H3. The van der Waals surface area contributed by atoms with Gasteiger partial charge >= 0.3 is 0 Å². The molecule has 0 bridgehead atoms. The van der Waals surface area contributed by atoms with Crippen molar-refractivity contribution in [2.45, 2.75) is 27.2 Å². The largest absolute Gasteiger partial charge is 0.507 e. The van der Waals surface area contributed by atoms with Crippen molar-refractivity contribution in [1.29, 1.82) is 0 Å². The highest BCUT2D eigenvalue weighted by Gasteiger charge is 2.09. The van der Waals surface area contributed by atoms with Gasteiger partial charge in [0.25, 0.3) is 0 Å². The fourth-order valence-corrected chi connectivity index (χ4v) is 2.41. The van der Waals surface area contributed by atoms with E-state index in [2.05, 4.69) is 31.2 Å². The van der Waals surface area contributed by atoms with Crippen LogP contribution in [0.5, 0.6) is 11.5 Å². The molecule has 0 aliphatic carbocycles. The number of benzene rings is 2. The van der Waals surface area contributed by atoms with Gasteiger partial charge in [-0.1, -0.05) is 53.6 Å². The zero-order chi connectivity index (χ0) is 16.8. The highest BCUT2D eigenvalue weighted by Crippen LogP contribution is 2.31. The van der Waals surface area contributed by atoms with E-state index >= 15 is 0 Å². The summed E-state index contributed by atoms with van der Waals surface area (Å²) in [7, 11) is 1.63. The minimum Gasteiger partial charge on any atom is -0.507 e. The van der Waals surface area contributed by atoms with E-state index in [1.165, 1.54) is 11.1 Å². The van der Waals surface area contributed by atoms with Crippen LogP contribution in [0.15, 0.2) is 48.0 Å². The number of phenolic OH excluding ortho intramolecular Hbond substituents is 1. The lowest BCUT2D eigenvalue weighted by Gasteiger charge is -2.11. The summed E-state index contributed by atoms with van der Waals surface area (Å²) in [6.45, 7) is 6.16. The lowest BCUT2D eigenvalue weighted by molar-refractivity contribution is 0.401. The van der Waals surface area contributed by atoms with Gasteiger partial charge in [-0.2, -0.15) is 0 Å². The van der Waals surface area contributed by atoms with Gasteiger partial charge in [0.1, 0.15) is 11.5 Å². The topological polar surface area (TPSA) is 29.5 Å². The molecule has 0 aliphatic heterocycles. The van der Waals surface area contributed by atoms with Crippen LogP contribution < -0.4 is 4.74 Å². The van der Waals surface area contributed by atoms with E-state index in [0.29, 0.717) is 12.2 Å². The van der Waals surface area contributed by atoms with Crippen molar-refractivity contribution in [3.63, 3.8) is 0 Å². The van der Waals surface area contributed by atoms with Crippen LogP contribution in [-0.4, -0.2) is 12.2 Å². The lowest BCUT2D eigenvalue weighted by Crippen LogP contribution is -1.93. The molecule has 0 fully saturated rings. The molecule has 120 valence electrons. The van der Waals surface area contributed by atoms with Gasteiger partial charge < -0.3 is 9.84 Å². The number of allylic oxidation sites excluding steroid dienone is 2. The second-order valence-corrected chi connectivity index (χ2v) is 5.95. The van der Waals surface area contributed by atoms with Crippen molar-refractivity contribution in [2.75, 3.05) is 7.11 Å². The third-order valence-corrected chi connectivity index (χ3v) is 3.65. The van der Waals surface area contributed by atoms with Crippen molar-refractivity contribution in [3.05, 3.63) is 70.3 Å². The van der Waals surface area contributed by atoms with Gasteiger partial charge in [0.15, 0.2) is 0 Å². The van der Waals surface area contributed by atoms with Crippen LogP contribution in [0.2, 0.25) is 0 Å². The third kappa shape index (κ3) is 4.75. The Bertz CT molecular complexity index is 736. The second kappa shape index (κ2) is 7.68. The lowest BCUT2D eigenvalue weighted by atomic mass is 10.0. The Labute approximate surface area is 138 Å². The molecule has 2 nitrogen and oxygen atoms in total. The number of aromatic hydroxyl groups is 1. The number of phenols is 1. The molecule has 0 radical (unpaired) electrons. The predicted octanol–water partition coefficient (Wildman–Crippen LogP) is 5.39. The summed E-state index contributed by atoms with van der Waals surface area (Å²) in [6.07, 6.45) is 6.78. The van der Waals surface area contributed by atoms with Gasteiger partial charge in [-0.15, -0.1) is 0 Å². The van der Waals surface area contributed by atoms with Gasteiger partial charge in [0.05, 0.1) is 7.11 Å². The molecule has 0 aromatic heterocycles. The van der Waals surface area contributed by atoms with Crippen LogP contribution in [-0.2, 0) is 6.42 Å². The van der Waals surface area contributed by atoms with Crippen molar-refractivity contribution in [2.24, 2.45) is 0 Å². The molecular formula is C21H24O2. The van der Waals surface area contributed by atoms with Gasteiger partial charge in [-0.3, -0.25) is 0 Å². The van der Waals surface area contributed by atoms with Gasteiger partial charge in [-0.05, 0) is 50.5 Å². The van der Waals surface area contributed by atoms with Crippen LogP contribution in [0.4, 0.5) is 0 Å². The van der Waals surface area contributed by atoms with Crippen LogP contribution in [0, 0.1) is 6.92 Å². The Balaban J connectivity index is 2.30. The molecule has 0 amide bonds. The Morgan fingerprint density at radius 1 is 1.09 bits per heavy atom. The fraction of sp³-hybridized carbons (Fsp3) is 0.238. The summed E-state index contributed by atoms with van der Waals surface area (Å²) in [5, 5.41) is 10.3. The summed E-state index contributed by atoms with van der Waals surface area (Å²) in [5.74, 6) is 0.983. The molecule has 1 N–H and O–H groups in total. The van der Waals surface area contributed by atoms with Crippen molar-refractivity contribution in [1.82, 2.24) is 0 Å². The van der Waals surface area contributed by atoms with Gasteiger partial charge in [-0.25, -0.2) is 0 Å². The maximum atomic E-state index is 10.3. The van der Waals surface area contributed by atoms with E-state index in [0.717, 1.165) is 16.7 Å². The molecule has 0 unspecified atom stereocenters. The summed E-state index contributed by atoms with van der Waals surface area (Å²) in [5.41, 5.74) is 5.32. The first kappa shape index (κ1) is 16.9. The molecule has 2 heteroatoms. The van der Waals surface area contributed by atoms with Gasteiger partial charge in [0, 0.05) is 5.56 Å². The summed E-state index contributed by atoms with van der Waals surface area (Å²) in [6, 6.07) is 12.0. The van der Waals surface area contributed by atoms with Gasteiger partial charge in [0.2, 0.25) is 0 Å². The van der Waals surface area contributed by atoms with Crippen LogP contribution >= 0.6 is 0 Å². The van der Waals surface area contributed by atoms with E-state index in [4.69, 9.17) is 4.74 Å². The number of rotatable bonds is 5. The smallest absolute Gasteiger partial charge is 0.126 e. The Hall–Kier alpha value is -2.48. The minimum atomic E-state index is 0.269. The minimum absolute atomic E-state index is 0.269. The van der Waals surface area contributed by atoms with Crippen LogP contribution in [0.1, 0.15) is 36.1 Å². The molecule has 0 heterocycles. The van der Waals surface area contributed by atoms with E-state index in [-0.39, 0.29) is 5.75 Å². The van der Waals surface area contributed by atoms with Crippen molar-refractivity contribution in [3.8, 4) is 11.5 Å². The Morgan fingerprint density at radius 3 is 2.48 bits per heavy atom. The monoisotopic (exact) mass is 308 g/mol. The molecule has 0 saturated heterocycles. The SMILES string of the molecule is COc1cc(C=Cc2cccc(C)c2)cc(O)c1CC=C(C)C. The summed E-state index contributed by atoms with van der Waals surface area (Å²) in [4.78, 5) is 0. The number of hydrogen-bond donors (Lipinski definition) is 1. The molecule has 0 aliphatic rings. The number of methoxy groups -OCH3 is 1. The highest BCUT2D eigenvalue weighted by atomic mass is 16.5. The van der Waals surface area contributed by atoms with E-state index in [9.17, 15) is 5.11 Å². The Morgan fingerprint density at radius 2 is 1.83 bits per heavy atom. The van der Waals surface area contributed by atoms with E-state index in [1.807, 2.05) is 38.1 Å². The van der Waals surface area contributed by atoms with E-state index in [1.54, 1.807) is 13.2 Å². The first-order chi connectivity index (χ1) is 11.0. The second-order valence-electron chi connectivity index (χ2n) is 5.95. The van der Waals surface area contributed by atoms with Crippen molar-refractivity contribution < 1.29 is 9.84 Å². The maximum absolute atomic E-state index is 10.3. The first-order valence-corrected chi connectivity index (χ1v) is 7.77. The molecule has 0 atom stereocenters. The Kier molecular flexibility index (Phi) is 5.64. The van der Waals surface area contributed by atoms with Crippen LogP contribution in [0.25, 0.3) is 12.2 Å². The predicted molar refractivity (Wildman–Crippen MR) is 97.9 cm³/mol. The fourth-order valence-electron chi connectivity index (χ4n) is 2.41. The normalized spacial score (nSPS) is 10.8.